The summed E-state index contributed by atoms with van der Waals surface area (Å²) in [7, 11) is -3.08. The first-order chi connectivity index (χ1) is 9.70. The molecule has 0 aliphatic carbocycles. The van der Waals surface area contributed by atoms with Gasteiger partial charge in [0, 0.05) is 18.7 Å². The van der Waals surface area contributed by atoms with E-state index in [-0.39, 0.29) is 17.6 Å². The van der Waals surface area contributed by atoms with Crippen molar-refractivity contribution < 1.29 is 13.2 Å². The van der Waals surface area contributed by atoms with Gasteiger partial charge < -0.3 is 4.90 Å². The first kappa shape index (κ1) is 16.0. The quantitative estimate of drug-likeness (QED) is 0.857. The third-order valence-electron chi connectivity index (χ3n) is 3.96. The molecule has 0 unspecified atom stereocenters. The van der Waals surface area contributed by atoms with Crippen molar-refractivity contribution in [3.8, 4) is 0 Å². The van der Waals surface area contributed by atoms with E-state index in [1.54, 1.807) is 11.0 Å². The van der Waals surface area contributed by atoms with Gasteiger partial charge in [-0.25, -0.2) is 8.42 Å². The van der Waals surface area contributed by atoms with E-state index in [0.717, 1.165) is 11.1 Å². The Balaban J connectivity index is 2.01. The summed E-state index contributed by atoms with van der Waals surface area (Å²) < 4.78 is 24.2. The first-order valence-electron chi connectivity index (χ1n) is 7.29. The van der Waals surface area contributed by atoms with Crippen LogP contribution >= 0.6 is 0 Å². The largest absolute Gasteiger partial charge is 0.336 e. The minimum atomic E-state index is -3.08. The molecule has 0 saturated carbocycles. The SMILES string of the molecule is Cc1ccc(C(=O)N2CC(S(=O)(=O)CC(C)C)C2)cc1C. The zero-order valence-corrected chi connectivity index (χ0v) is 13.9. The second-order valence-corrected chi connectivity index (χ2v) is 8.68. The Hall–Kier alpha value is -1.36. The molecule has 0 N–H and O–H groups in total. The average molecular weight is 309 g/mol. The molecule has 1 aromatic carbocycles. The van der Waals surface area contributed by atoms with Crippen molar-refractivity contribution in [2.24, 2.45) is 5.92 Å². The molecule has 0 radical (unpaired) electrons. The Morgan fingerprint density at radius 1 is 1.24 bits per heavy atom. The van der Waals surface area contributed by atoms with Crippen molar-refractivity contribution in [2.45, 2.75) is 32.9 Å². The number of carbonyl (C=O) groups excluding carboxylic acids is 1. The molecule has 0 spiro atoms. The van der Waals surface area contributed by atoms with Crippen molar-refractivity contribution in [1.82, 2.24) is 4.90 Å². The van der Waals surface area contributed by atoms with E-state index in [4.69, 9.17) is 0 Å². The van der Waals surface area contributed by atoms with Gasteiger partial charge in [-0.15, -0.1) is 0 Å². The molecule has 21 heavy (non-hydrogen) atoms. The number of rotatable bonds is 4. The molecule has 2 rings (SSSR count). The topological polar surface area (TPSA) is 54.5 Å². The Morgan fingerprint density at radius 3 is 2.38 bits per heavy atom. The minimum Gasteiger partial charge on any atom is -0.336 e. The number of aryl methyl sites for hydroxylation is 2. The van der Waals surface area contributed by atoms with Crippen LogP contribution in [0, 0.1) is 19.8 Å². The van der Waals surface area contributed by atoms with Gasteiger partial charge >= 0.3 is 0 Å². The van der Waals surface area contributed by atoms with E-state index >= 15 is 0 Å². The van der Waals surface area contributed by atoms with Gasteiger partial charge in [0.2, 0.25) is 0 Å². The molecule has 1 fully saturated rings. The number of benzene rings is 1. The third kappa shape index (κ3) is 3.46. The van der Waals surface area contributed by atoms with E-state index in [2.05, 4.69) is 0 Å². The van der Waals surface area contributed by atoms with Crippen molar-refractivity contribution in [2.75, 3.05) is 18.8 Å². The highest BCUT2D eigenvalue weighted by Crippen LogP contribution is 2.22. The number of likely N-dealkylation sites (tertiary alicyclic amines) is 1. The molecule has 0 aromatic heterocycles. The summed E-state index contributed by atoms with van der Waals surface area (Å²) in [6.45, 7) is 8.41. The Morgan fingerprint density at radius 2 is 1.86 bits per heavy atom. The van der Waals surface area contributed by atoms with Crippen LogP contribution in [0.2, 0.25) is 0 Å². The van der Waals surface area contributed by atoms with E-state index in [1.165, 1.54) is 0 Å². The summed E-state index contributed by atoms with van der Waals surface area (Å²) >= 11 is 0. The van der Waals surface area contributed by atoms with E-state index < -0.39 is 15.1 Å². The average Bonchev–Trinajstić information content (AvgIpc) is 2.28. The minimum absolute atomic E-state index is 0.0749. The van der Waals surface area contributed by atoms with Gasteiger partial charge in [0.05, 0.1) is 11.0 Å². The smallest absolute Gasteiger partial charge is 0.253 e. The maximum Gasteiger partial charge on any atom is 0.253 e. The summed E-state index contributed by atoms with van der Waals surface area (Å²) in [5.41, 5.74) is 2.86. The fraction of sp³-hybridized carbons (Fsp3) is 0.562. The molecule has 4 nitrogen and oxygen atoms in total. The summed E-state index contributed by atoms with van der Waals surface area (Å²) in [6, 6.07) is 5.60. The monoisotopic (exact) mass is 309 g/mol. The lowest BCUT2D eigenvalue weighted by atomic mass is 10.0. The van der Waals surface area contributed by atoms with Crippen LogP contribution in [-0.2, 0) is 9.84 Å². The maximum absolute atomic E-state index is 12.3. The van der Waals surface area contributed by atoms with Crippen molar-refractivity contribution in [3.63, 3.8) is 0 Å². The molecule has 1 aliphatic heterocycles. The highest BCUT2D eigenvalue weighted by Gasteiger charge is 2.39. The Bertz CT molecular complexity index is 643. The highest BCUT2D eigenvalue weighted by atomic mass is 32.2. The van der Waals surface area contributed by atoms with Gasteiger partial charge in [-0.3, -0.25) is 4.79 Å². The summed E-state index contributed by atoms with van der Waals surface area (Å²) in [5.74, 6) is 0.247. The molecule has 1 amide bonds. The van der Waals surface area contributed by atoms with Crippen LogP contribution in [-0.4, -0.2) is 43.3 Å². The summed E-state index contributed by atoms with van der Waals surface area (Å²) in [6.07, 6.45) is 0. The molecular weight excluding hydrogens is 286 g/mol. The molecule has 1 saturated heterocycles. The van der Waals surface area contributed by atoms with Gasteiger partial charge in [-0.2, -0.15) is 0 Å². The van der Waals surface area contributed by atoms with Crippen LogP contribution in [0.4, 0.5) is 0 Å². The van der Waals surface area contributed by atoms with Gasteiger partial charge in [0.25, 0.3) is 5.91 Å². The Labute approximate surface area is 127 Å². The summed E-state index contributed by atoms with van der Waals surface area (Å²) in [5, 5.41) is -0.393. The van der Waals surface area contributed by atoms with Gasteiger partial charge in [0.1, 0.15) is 0 Å². The molecule has 1 heterocycles. The second-order valence-electron chi connectivity index (χ2n) is 6.35. The van der Waals surface area contributed by atoms with Gasteiger partial charge in [-0.1, -0.05) is 19.9 Å². The number of hydrogen-bond acceptors (Lipinski definition) is 3. The van der Waals surface area contributed by atoms with Crippen molar-refractivity contribution in [1.29, 1.82) is 0 Å². The lowest BCUT2D eigenvalue weighted by Crippen LogP contribution is -2.57. The Kier molecular flexibility index (Phi) is 4.42. The van der Waals surface area contributed by atoms with Gasteiger partial charge in [0.15, 0.2) is 9.84 Å². The fourth-order valence-electron chi connectivity index (χ4n) is 2.49. The predicted molar refractivity (Wildman–Crippen MR) is 84.2 cm³/mol. The van der Waals surface area contributed by atoms with Crippen LogP contribution in [0.25, 0.3) is 0 Å². The lowest BCUT2D eigenvalue weighted by molar-refractivity contribution is 0.0658. The van der Waals surface area contributed by atoms with Crippen molar-refractivity contribution in [3.05, 3.63) is 34.9 Å². The van der Waals surface area contributed by atoms with Crippen molar-refractivity contribution >= 4 is 15.7 Å². The number of nitrogens with zero attached hydrogens (tertiary/aromatic N) is 1. The first-order valence-corrected chi connectivity index (χ1v) is 9.00. The molecule has 1 aromatic rings. The summed E-state index contributed by atoms with van der Waals surface area (Å²) in [4.78, 5) is 13.9. The van der Waals surface area contributed by atoms with E-state index in [0.29, 0.717) is 18.7 Å². The van der Waals surface area contributed by atoms with E-state index in [9.17, 15) is 13.2 Å². The fourth-order valence-corrected chi connectivity index (χ4v) is 4.50. The van der Waals surface area contributed by atoms with E-state index in [1.807, 2.05) is 39.8 Å². The number of sulfone groups is 1. The van der Waals surface area contributed by atoms with Crippen LogP contribution in [0.3, 0.4) is 0 Å². The normalized spacial score (nSPS) is 16.1. The zero-order chi connectivity index (χ0) is 15.8. The number of amides is 1. The third-order valence-corrected chi connectivity index (χ3v) is 6.41. The number of carbonyl (C=O) groups is 1. The highest BCUT2D eigenvalue weighted by molar-refractivity contribution is 7.92. The van der Waals surface area contributed by atoms with Crippen LogP contribution in [0.1, 0.15) is 35.3 Å². The molecule has 0 atom stereocenters. The standard InChI is InChI=1S/C16H23NO3S/c1-11(2)10-21(19,20)15-8-17(9-15)16(18)14-6-5-12(3)13(4)7-14/h5-7,11,15H,8-10H2,1-4H3. The maximum atomic E-state index is 12.3. The lowest BCUT2D eigenvalue weighted by Gasteiger charge is -2.39. The predicted octanol–water partition coefficient (Wildman–Crippen LogP) is 2.20. The van der Waals surface area contributed by atoms with Crippen LogP contribution < -0.4 is 0 Å². The molecule has 1 aliphatic rings. The zero-order valence-electron chi connectivity index (χ0n) is 13.1. The van der Waals surface area contributed by atoms with Gasteiger partial charge in [-0.05, 0) is 43.0 Å². The molecule has 5 heteroatoms. The molecule has 0 bridgehead atoms. The molecule has 116 valence electrons. The second kappa shape index (κ2) is 5.79. The molecular formula is C16H23NO3S. The van der Waals surface area contributed by atoms with Crippen LogP contribution in [0.15, 0.2) is 18.2 Å². The van der Waals surface area contributed by atoms with Crippen LogP contribution in [0.5, 0.6) is 0 Å². The number of hydrogen-bond donors (Lipinski definition) is 0.